The van der Waals surface area contributed by atoms with Crippen LogP contribution in [-0.2, 0) is 6.42 Å². The molecule has 3 nitrogen and oxygen atoms in total. The fourth-order valence-corrected chi connectivity index (χ4v) is 2.08. The molecule has 112 valence electrons. The van der Waals surface area contributed by atoms with Crippen molar-refractivity contribution in [3.63, 3.8) is 0 Å². The lowest BCUT2D eigenvalue weighted by atomic mass is 10.0. The first-order chi connectivity index (χ1) is 10.1. The summed E-state index contributed by atoms with van der Waals surface area (Å²) in [4.78, 5) is 8.62. The Kier molecular flexibility index (Phi) is 5.33. The van der Waals surface area contributed by atoms with Gasteiger partial charge >= 0.3 is 0 Å². The Hall–Kier alpha value is -1.88. The number of rotatable bonds is 6. The minimum atomic E-state index is -0.827. The Morgan fingerprint density at radius 2 is 1.95 bits per heavy atom. The van der Waals surface area contributed by atoms with Crippen molar-refractivity contribution in [1.29, 1.82) is 0 Å². The molecule has 5 heteroatoms. The van der Waals surface area contributed by atoms with Crippen molar-refractivity contribution in [1.82, 2.24) is 15.3 Å². The van der Waals surface area contributed by atoms with Gasteiger partial charge in [-0.1, -0.05) is 13.0 Å². The maximum absolute atomic E-state index is 13.3. The summed E-state index contributed by atoms with van der Waals surface area (Å²) >= 11 is 0. The lowest BCUT2D eigenvalue weighted by Crippen LogP contribution is -2.25. The van der Waals surface area contributed by atoms with Crippen LogP contribution in [0.25, 0.3) is 0 Å². The molecule has 0 bridgehead atoms. The second kappa shape index (κ2) is 7.22. The van der Waals surface area contributed by atoms with Crippen LogP contribution in [0.4, 0.5) is 8.78 Å². The molecule has 0 spiro atoms. The van der Waals surface area contributed by atoms with E-state index in [-0.39, 0.29) is 6.04 Å². The van der Waals surface area contributed by atoms with Crippen molar-refractivity contribution in [2.24, 2.45) is 0 Å². The molecule has 0 fully saturated rings. The number of aryl methyl sites for hydroxylation is 1. The van der Waals surface area contributed by atoms with Crippen LogP contribution in [0.3, 0.4) is 0 Å². The van der Waals surface area contributed by atoms with Gasteiger partial charge in [0.1, 0.15) is 0 Å². The zero-order valence-electron chi connectivity index (χ0n) is 12.2. The van der Waals surface area contributed by atoms with Crippen LogP contribution < -0.4 is 5.32 Å². The van der Waals surface area contributed by atoms with E-state index in [9.17, 15) is 8.78 Å². The number of nitrogens with zero attached hydrogens (tertiary/aromatic N) is 2. The van der Waals surface area contributed by atoms with Crippen LogP contribution in [0.15, 0.2) is 30.6 Å². The summed E-state index contributed by atoms with van der Waals surface area (Å²) in [6.07, 6.45) is 4.95. The SMILES string of the molecule is CCCNC(Cc1ccc(F)c(F)c1)c1cnc(C)cn1. The first-order valence-electron chi connectivity index (χ1n) is 7.06. The van der Waals surface area contributed by atoms with Crippen molar-refractivity contribution in [3.8, 4) is 0 Å². The molecule has 1 heterocycles. The largest absolute Gasteiger partial charge is 0.308 e. The van der Waals surface area contributed by atoms with Gasteiger partial charge in [-0.3, -0.25) is 9.97 Å². The Bertz CT molecular complexity index is 585. The number of hydrogen-bond donors (Lipinski definition) is 1. The van der Waals surface area contributed by atoms with Crippen LogP contribution in [0.5, 0.6) is 0 Å². The van der Waals surface area contributed by atoms with E-state index in [4.69, 9.17) is 0 Å². The third-order valence-corrected chi connectivity index (χ3v) is 3.22. The first-order valence-corrected chi connectivity index (χ1v) is 7.06. The third-order valence-electron chi connectivity index (χ3n) is 3.22. The lowest BCUT2D eigenvalue weighted by molar-refractivity contribution is 0.496. The predicted molar refractivity (Wildman–Crippen MR) is 77.9 cm³/mol. The molecule has 2 rings (SSSR count). The fourth-order valence-electron chi connectivity index (χ4n) is 2.08. The molecule has 1 N–H and O–H groups in total. The van der Waals surface area contributed by atoms with E-state index < -0.39 is 11.6 Å². The minimum Gasteiger partial charge on any atom is -0.308 e. The van der Waals surface area contributed by atoms with Crippen molar-refractivity contribution in [2.45, 2.75) is 32.7 Å². The Morgan fingerprint density at radius 3 is 2.57 bits per heavy atom. The summed E-state index contributed by atoms with van der Waals surface area (Å²) in [6.45, 7) is 4.77. The highest BCUT2D eigenvalue weighted by Gasteiger charge is 2.14. The van der Waals surface area contributed by atoms with E-state index in [0.29, 0.717) is 6.42 Å². The van der Waals surface area contributed by atoms with Gasteiger partial charge in [-0.15, -0.1) is 0 Å². The van der Waals surface area contributed by atoms with Gasteiger partial charge in [0, 0.05) is 6.20 Å². The van der Waals surface area contributed by atoms with Gasteiger partial charge in [0.25, 0.3) is 0 Å². The highest BCUT2D eigenvalue weighted by molar-refractivity contribution is 5.21. The van der Waals surface area contributed by atoms with Gasteiger partial charge in [0.2, 0.25) is 0 Å². The van der Waals surface area contributed by atoms with Gasteiger partial charge in [-0.25, -0.2) is 8.78 Å². The van der Waals surface area contributed by atoms with Gasteiger partial charge in [0.15, 0.2) is 11.6 Å². The van der Waals surface area contributed by atoms with Crippen molar-refractivity contribution < 1.29 is 8.78 Å². The summed E-state index contributed by atoms with van der Waals surface area (Å²) in [7, 11) is 0. The summed E-state index contributed by atoms with van der Waals surface area (Å²) < 4.78 is 26.3. The average molecular weight is 291 g/mol. The number of hydrogen-bond acceptors (Lipinski definition) is 3. The maximum Gasteiger partial charge on any atom is 0.159 e. The quantitative estimate of drug-likeness (QED) is 0.887. The molecule has 0 aliphatic carbocycles. The molecule has 0 amide bonds. The zero-order chi connectivity index (χ0) is 15.2. The fraction of sp³-hybridized carbons (Fsp3) is 0.375. The van der Waals surface area contributed by atoms with Crippen LogP contribution in [0.1, 0.15) is 36.3 Å². The van der Waals surface area contributed by atoms with E-state index in [1.807, 2.05) is 6.92 Å². The van der Waals surface area contributed by atoms with Gasteiger partial charge in [0.05, 0.1) is 23.6 Å². The first kappa shape index (κ1) is 15.5. The zero-order valence-corrected chi connectivity index (χ0v) is 12.2. The topological polar surface area (TPSA) is 37.8 Å². The minimum absolute atomic E-state index is 0.0667. The molecule has 21 heavy (non-hydrogen) atoms. The Morgan fingerprint density at radius 1 is 1.14 bits per heavy atom. The van der Waals surface area contributed by atoms with E-state index in [2.05, 4.69) is 22.2 Å². The van der Waals surface area contributed by atoms with Gasteiger partial charge in [-0.05, 0) is 44.0 Å². The number of benzene rings is 1. The molecule has 1 atom stereocenters. The second-order valence-electron chi connectivity index (χ2n) is 5.04. The second-order valence-corrected chi connectivity index (χ2v) is 5.04. The van der Waals surface area contributed by atoms with Crippen LogP contribution in [-0.4, -0.2) is 16.5 Å². The Labute approximate surface area is 123 Å². The normalized spacial score (nSPS) is 12.4. The summed E-state index contributed by atoms with van der Waals surface area (Å²) in [5, 5.41) is 3.37. The molecule has 1 aromatic carbocycles. The van der Waals surface area contributed by atoms with E-state index >= 15 is 0 Å². The van der Waals surface area contributed by atoms with Crippen molar-refractivity contribution in [2.75, 3.05) is 6.54 Å². The van der Waals surface area contributed by atoms with Crippen LogP contribution >= 0.6 is 0 Å². The van der Waals surface area contributed by atoms with Crippen LogP contribution in [0.2, 0.25) is 0 Å². The van der Waals surface area contributed by atoms with Crippen molar-refractivity contribution >= 4 is 0 Å². The summed E-state index contributed by atoms with van der Waals surface area (Å²) in [5.41, 5.74) is 2.38. The van der Waals surface area contributed by atoms with Crippen LogP contribution in [0, 0.1) is 18.6 Å². The van der Waals surface area contributed by atoms with Gasteiger partial charge < -0.3 is 5.32 Å². The maximum atomic E-state index is 13.3. The summed E-state index contributed by atoms with van der Waals surface area (Å²) in [5.74, 6) is -1.65. The summed E-state index contributed by atoms with van der Waals surface area (Å²) in [6, 6.07) is 3.92. The standard InChI is InChI=1S/C16H19F2N3/c1-3-6-19-15(16-10-20-11(2)9-21-16)8-12-4-5-13(17)14(18)7-12/h4-5,7,9-10,15,19H,3,6,8H2,1-2H3. The molecule has 0 aliphatic rings. The highest BCUT2D eigenvalue weighted by Crippen LogP contribution is 2.18. The monoisotopic (exact) mass is 291 g/mol. The molecule has 0 saturated heterocycles. The van der Waals surface area contributed by atoms with E-state index in [0.717, 1.165) is 36.0 Å². The number of halogens is 2. The molecule has 2 aromatic rings. The highest BCUT2D eigenvalue weighted by atomic mass is 19.2. The molecular formula is C16H19F2N3. The molecule has 0 aliphatic heterocycles. The van der Waals surface area contributed by atoms with E-state index in [1.165, 1.54) is 6.07 Å². The average Bonchev–Trinajstić information content (AvgIpc) is 2.48. The number of nitrogens with one attached hydrogen (secondary N) is 1. The van der Waals surface area contributed by atoms with E-state index in [1.54, 1.807) is 18.5 Å². The molecule has 1 aromatic heterocycles. The van der Waals surface area contributed by atoms with Crippen molar-refractivity contribution in [3.05, 3.63) is 59.2 Å². The molecular weight excluding hydrogens is 272 g/mol. The molecule has 0 saturated carbocycles. The molecule has 1 unspecified atom stereocenters. The Balaban J connectivity index is 2.19. The third kappa shape index (κ3) is 4.29. The number of aromatic nitrogens is 2. The van der Waals surface area contributed by atoms with Gasteiger partial charge in [-0.2, -0.15) is 0 Å². The molecule has 0 radical (unpaired) electrons. The lowest BCUT2D eigenvalue weighted by Gasteiger charge is -2.18. The smallest absolute Gasteiger partial charge is 0.159 e. The predicted octanol–water partition coefficient (Wildman–Crippen LogP) is 3.35.